The van der Waals surface area contributed by atoms with Gasteiger partial charge in [-0.3, -0.25) is 14.5 Å². The minimum absolute atomic E-state index is 0.122. The molecule has 2 aliphatic heterocycles. The molecule has 6 nitrogen and oxygen atoms in total. The fourth-order valence-electron chi connectivity index (χ4n) is 4.82. The number of benzene rings is 2. The first-order valence-electron chi connectivity index (χ1n) is 11.4. The van der Waals surface area contributed by atoms with Crippen LogP contribution < -0.4 is 5.43 Å². The molecule has 0 radical (unpaired) electrons. The third-order valence-electron chi connectivity index (χ3n) is 6.72. The molecule has 0 aliphatic carbocycles. The van der Waals surface area contributed by atoms with Crippen LogP contribution in [0, 0.1) is 13.8 Å². The van der Waals surface area contributed by atoms with Crippen LogP contribution in [0.15, 0.2) is 50.1 Å². The summed E-state index contributed by atoms with van der Waals surface area (Å²) in [5, 5.41) is 0.528. The van der Waals surface area contributed by atoms with Gasteiger partial charge in [0.2, 0.25) is 5.76 Å². The number of ether oxygens (including phenoxy) is 1. The van der Waals surface area contributed by atoms with Gasteiger partial charge in [0.15, 0.2) is 5.43 Å². The van der Waals surface area contributed by atoms with Crippen molar-refractivity contribution in [3.8, 4) is 0 Å². The van der Waals surface area contributed by atoms with E-state index in [2.05, 4.69) is 20.8 Å². The van der Waals surface area contributed by atoms with E-state index >= 15 is 0 Å². The molecule has 0 N–H and O–H groups in total. The quantitative estimate of drug-likeness (QED) is 0.507. The van der Waals surface area contributed by atoms with Crippen LogP contribution in [0.1, 0.15) is 45.3 Å². The molecule has 1 atom stereocenters. The van der Waals surface area contributed by atoms with Gasteiger partial charge in [0.25, 0.3) is 5.91 Å². The molecule has 7 heteroatoms. The lowest BCUT2D eigenvalue weighted by Crippen LogP contribution is -2.38. The fraction of sp³-hybridized carbons (Fsp3) is 0.385. The Bertz CT molecular complexity index is 1280. The second-order valence-corrected chi connectivity index (χ2v) is 9.79. The lowest BCUT2D eigenvalue weighted by atomic mass is 9.97. The molecule has 5 rings (SSSR count). The molecule has 0 spiro atoms. The summed E-state index contributed by atoms with van der Waals surface area (Å²) in [5.41, 5.74) is 3.75. The third-order valence-corrected chi connectivity index (χ3v) is 7.22. The molecule has 1 saturated heterocycles. The molecule has 1 amide bonds. The maximum absolute atomic E-state index is 13.7. The monoisotopic (exact) mass is 510 g/mol. The van der Waals surface area contributed by atoms with E-state index in [1.165, 1.54) is 0 Å². The van der Waals surface area contributed by atoms with Gasteiger partial charge in [-0.15, -0.1) is 0 Å². The maximum Gasteiger partial charge on any atom is 0.290 e. The molecule has 2 aliphatic rings. The summed E-state index contributed by atoms with van der Waals surface area (Å²) in [4.78, 5) is 31.4. The smallest absolute Gasteiger partial charge is 0.290 e. The SMILES string of the molecule is Cc1cc2oc3c(c(=O)c2cc1C)C(c1cccc(Br)c1)N(CCCN1CCOCC1)C3=O. The number of rotatable bonds is 5. The zero-order chi connectivity index (χ0) is 23.1. The summed E-state index contributed by atoms with van der Waals surface area (Å²) in [6.45, 7) is 8.71. The third kappa shape index (κ3) is 4.14. The van der Waals surface area contributed by atoms with Crippen LogP contribution in [0.3, 0.4) is 0 Å². The number of carbonyl (C=O) groups is 1. The molecule has 1 fully saturated rings. The van der Waals surface area contributed by atoms with Crippen LogP contribution in [0.25, 0.3) is 11.0 Å². The largest absolute Gasteiger partial charge is 0.450 e. The number of aryl methyl sites for hydroxylation is 2. The molecule has 172 valence electrons. The van der Waals surface area contributed by atoms with Gasteiger partial charge < -0.3 is 14.1 Å². The van der Waals surface area contributed by atoms with Crippen LogP contribution in [0.4, 0.5) is 0 Å². The van der Waals surface area contributed by atoms with E-state index < -0.39 is 6.04 Å². The molecule has 3 aromatic rings. The van der Waals surface area contributed by atoms with Crippen molar-refractivity contribution < 1.29 is 13.9 Å². The van der Waals surface area contributed by atoms with E-state index in [9.17, 15) is 9.59 Å². The van der Waals surface area contributed by atoms with E-state index in [0.717, 1.165) is 60.4 Å². The average molecular weight is 511 g/mol. The summed E-state index contributed by atoms with van der Waals surface area (Å²) < 4.78 is 12.5. The minimum Gasteiger partial charge on any atom is -0.450 e. The Morgan fingerprint density at radius 1 is 1.03 bits per heavy atom. The van der Waals surface area contributed by atoms with Crippen LogP contribution in [0.5, 0.6) is 0 Å². The van der Waals surface area contributed by atoms with Gasteiger partial charge in [-0.2, -0.15) is 0 Å². The molecular formula is C26H27BrN2O4. The predicted octanol–water partition coefficient (Wildman–Crippen LogP) is 4.44. The first-order valence-corrected chi connectivity index (χ1v) is 12.2. The van der Waals surface area contributed by atoms with Crippen molar-refractivity contribution in [3.63, 3.8) is 0 Å². The van der Waals surface area contributed by atoms with Crippen LogP contribution in [-0.4, -0.2) is 55.1 Å². The minimum atomic E-state index is -0.461. The Morgan fingerprint density at radius 2 is 1.79 bits per heavy atom. The number of halogens is 1. The van der Waals surface area contributed by atoms with Crippen molar-refractivity contribution in [1.82, 2.24) is 9.80 Å². The predicted molar refractivity (Wildman–Crippen MR) is 131 cm³/mol. The van der Waals surface area contributed by atoms with Crippen molar-refractivity contribution in [2.45, 2.75) is 26.3 Å². The summed E-state index contributed by atoms with van der Waals surface area (Å²) in [6.07, 6.45) is 0.816. The number of carbonyl (C=O) groups excluding carboxylic acids is 1. The Kier molecular flexibility index (Phi) is 6.12. The van der Waals surface area contributed by atoms with Crippen molar-refractivity contribution in [2.24, 2.45) is 0 Å². The van der Waals surface area contributed by atoms with E-state index in [-0.39, 0.29) is 17.1 Å². The number of fused-ring (bicyclic) bond motifs is 2. The van der Waals surface area contributed by atoms with Gasteiger partial charge in [-0.25, -0.2) is 0 Å². The zero-order valence-corrected chi connectivity index (χ0v) is 20.5. The van der Waals surface area contributed by atoms with Gasteiger partial charge >= 0.3 is 0 Å². The van der Waals surface area contributed by atoms with E-state index in [1.807, 2.05) is 50.2 Å². The van der Waals surface area contributed by atoms with Gasteiger partial charge in [-0.05, 0) is 61.2 Å². The summed E-state index contributed by atoms with van der Waals surface area (Å²) in [6, 6.07) is 11.1. The molecule has 1 unspecified atom stereocenters. The molecule has 1 aromatic heterocycles. The van der Waals surface area contributed by atoms with Crippen molar-refractivity contribution in [2.75, 3.05) is 39.4 Å². The second kappa shape index (κ2) is 9.05. The van der Waals surface area contributed by atoms with Crippen LogP contribution in [0.2, 0.25) is 0 Å². The normalized spacial score (nSPS) is 18.8. The maximum atomic E-state index is 13.7. The number of morpholine rings is 1. The van der Waals surface area contributed by atoms with Gasteiger partial charge in [0, 0.05) is 30.7 Å². The summed E-state index contributed by atoms with van der Waals surface area (Å²) >= 11 is 3.54. The molecule has 0 bridgehead atoms. The molecule has 33 heavy (non-hydrogen) atoms. The molecule has 3 heterocycles. The van der Waals surface area contributed by atoms with E-state index in [4.69, 9.17) is 9.15 Å². The lowest BCUT2D eigenvalue weighted by Gasteiger charge is -2.29. The van der Waals surface area contributed by atoms with Gasteiger partial charge in [-0.1, -0.05) is 28.1 Å². The summed E-state index contributed by atoms with van der Waals surface area (Å²) in [7, 11) is 0. The average Bonchev–Trinajstić information content (AvgIpc) is 3.08. The first kappa shape index (κ1) is 22.3. The lowest BCUT2D eigenvalue weighted by molar-refractivity contribution is 0.0353. The zero-order valence-electron chi connectivity index (χ0n) is 18.9. The van der Waals surface area contributed by atoms with Crippen molar-refractivity contribution >= 4 is 32.8 Å². The number of hydrogen-bond donors (Lipinski definition) is 0. The van der Waals surface area contributed by atoms with E-state index in [1.54, 1.807) is 4.90 Å². The first-order chi connectivity index (χ1) is 15.9. The number of nitrogens with zero attached hydrogens (tertiary/aromatic N) is 2. The number of amides is 1. The highest BCUT2D eigenvalue weighted by Crippen LogP contribution is 2.39. The van der Waals surface area contributed by atoms with Crippen LogP contribution in [-0.2, 0) is 4.74 Å². The molecule has 2 aromatic carbocycles. The highest BCUT2D eigenvalue weighted by molar-refractivity contribution is 9.10. The van der Waals surface area contributed by atoms with Gasteiger partial charge in [0.1, 0.15) is 5.58 Å². The van der Waals surface area contributed by atoms with Crippen molar-refractivity contribution in [3.05, 3.63) is 79.1 Å². The topological polar surface area (TPSA) is 63.0 Å². The second-order valence-electron chi connectivity index (χ2n) is 8.87. The summed E-state index contributed by atoms with van der Waals surface area (Å²) in [5.74, 6) is -0.0405. The molecule has 0 saturated carbocycles. The molecular weight excluding hydrogens is 484 g/mol. The highest BCUT2D eigenvalue weighted by Gasteiger charge is 2.42. The highest BCUT2D eigenvalue weighted by atomic mass is 79.9. The van der Waals surface area contributed by atoms with Crippen molar-refractivity contribution in [1.29, 1.82) is 0 Å². The number of hydrogen-bond acceptors (Lipinski definition) is 5. The van der Waals surface area contributed by atoms with Crippen LogP contribution >= 0.6 is 15.9 Å². The van der Waals surface area contributed by atoms with Gasteiger partial charge in [0.05, 0.1) is 30.2 Å². The van der Waals surface area contributed by atoms with E-state index in [0.29, 0.717) is 23.1 Å². The Balaban J connectivity index is 1.56. The Labute approximate surface area is 201 Å². The fourth-order valence-corrected chi connectivity index (χ4v) is 5.24. The Hall–Kier alpha value is -2.48. The Morgan fingerprint density at radius 3 is 2.55 bits per heavy atom. The standard InChI is InChI=1S/C26H27BrN2O4/c1-16-13-20-21(14-17(16)2)33-25-22(24(20)30)23(18-5-3-6-19(27)15-18)29(26(25)31)8-4-7-28-9-11-32-12-10-28/h3,5-6,13-15,23H,4,7-12H2,1-2H3.